The maximum absolute atomic E-state index is 13.9. The second-order valence-electron chi connectivity index (χ2n) is 11.5. The van der Waals surface area contributed by atoms with Crippen LogP contribution in [0.15, 0.2) is 84.0 Å². The van der Waals surface area contributed by atoms with Crippen LogP contribution in [0.5, 0.6) is 5.75 Å². The van der Waals surface area contributed by atoms with Gasteiger partial charge in [0.1, 0.15) is 12.4 Å². The zero-order chi connectivity index (χ0) is 29.7. The van der Waals surface area contributed by atoms with Crippen LogP contribution < -0.4 is 15.0 Å². The summed E-state index contributed by atoms with van der Waals surface area (Å²) in [5.74, 6) is 0.792. The van der Waals surface area contributed by atoms with Gasteiger partial charge in [-0.1, -0.05) is 29.8 Å². The van der Waals surface area contributed by atoms with Crippen LogP contribution >= 0.6 is 0 Å². The van der Waals surface area contributed by atoms with Crippen molar-refractivity contribution in [2.45, 2.75) is 18.7 Å². The monoisotopic (exact) mass is 593 g/mol. The highest BCUT2D eigenvalue weighted by atomic mass is 32.2. The fraction of sp³-hybridized carbons (Fsp3) is 0.265. The van der Waals surface area contributed by atoms with Gasteiger partial charge < -0.3 is 19.9 Å². The van der Waals surface area contributed by atoms with Crippen LogP contribution in [-0.2, 0) is 10.0 Å². The van der Waals surface area contributed by atoms with Crippen molar-refractivity contribution in [3.63, 3.8) is 0 Å². The average molecular weight is 594 g/mol. The van der Waals surface area contributed by atoms with Crippen molar-refractivity contribution in [1.82, 2.24) is 13.9 Å². The Labute approximate surface area is 252 Å². The fourth-order valence-corrected chi connectivity index (χ4v) is 7.34. The van der Waals surface area contributed by atoms with E-state index < -0.39 is 10.0 Å². The third kappa shape index (κ3) is 5.02. The van der Waals surface area contributed by atoms with Crippen LogP contribution in [0.2, 0.25) is 0 Å². The molecule has 2 aromatic heterocycles. The molecule has 220 valence electrons. The molecule has 0 unspecified atom stereocenters. The zero-order valence-electron chi connectivity index (χ0n) is 24.7. The number of aryl methyl sites for hydroxylation is 2. The number of pyridine rings is 1. The van der Waals surface area contributed by atoms with E-state index in [2.05, 4.69) is 53.4 Å². The molecule has 5 aromatic rings. The molecule has 9 heteroatoms. The van der Waals surface area contributed by atoms with Gasteiger partial charge in [-0.05, 0) is 80.1 Å². The summed E-state index contributed by atoms with van der Waals surface area (Å²) in [6.45, 7) is 9.55. The molecule has 0 radical (unpaired) electrons. The Morgan fingerprint density at radius 1 is 0.860 bits per heavy atom. The number of rotatable bonds is 5. The van der Waals surface area contributed by atoms with E-state index in [1.807, 2.05) is 37.3 Å². The van der Waals surface area contributed by atoms with Crippen molar-refractivity contribution in [1.29, 1.82) is 0 Å². The Balaban J connectivity index is 1.35. The van der Waals surface area contributed by atoms with E-state index in [0.29, 0.717) is 12.3 Å². The Morgan fingerprint density at radius 3 is 2.40 bits per heavy atom. The van der Waals surface area contributed by atoms with Gasteiger partial charge in [-0.2, -0.15) is 0 Å². The zero-order valence-corrected chi connectivity index (χ0v) is 25.5. The third-order valence-electron chi connectivity index (χ3n) is 8.53. The Kier molecular flexibility index (Phi) is 6.86. The third-order valence-corrected chi connectivity index (χ3v) is 10.2. The number of fused-ring (bicyclic) bond motifs is 2. The summed E-state index contributed by atoms with van der Waals surface area (Å²) < 4.78 is 35.0. The van der Waals surface area contributed by atoms with Gasteiger partial charge in [0.05, 0.1) is 10.6 Å². The van der Waals surface area contributed by atoms with Crippen molar-refractivity contribution < 1.29 is 13.2 Å². The molecule has 1 fully saturated rings. The SMILES string of the molecule is Cc1ccc(S(=O)(=O)n2cc(-c3ccc4c(c3)NCCO4)c3cc(-c4ccc(N5CCN(C)CC5)c(C)c4)cnc32)cc1. The van der Waals surface area contributed by atoms with Gasteiger partial charge in [0, 0.05) is 67.3 Å². The lowest BCUT2D eigenvalue weighted by molar-refractivity contribution is 0.312. The molecular formula is C34H35N5O3S. The number of aromatic nitrogens is 2. The number of anilines is 2. The first kappa shape index (κ1) is 27.5. The molecule has 0 saturated carbocycles. The summed E-state index contributed by atoms with van der Waals surface area (Å²) in [4.78, 5) is 9.81. The molecule has 43 heavy (non-hydrogen) atoms. The highest BCUT2D eigenvalue weighted by molar-refractivity contribution is 7.90. The molecular weight excluding hydrogens is 558 g/mol. The van der Waals surface area contributed by atoms with E-state index in [1.165, 1.54) is 15.2 Å². The first-order chi connectivity index (χ1) is 20.8. The Bertz CT molecular complexity index is 1940. The van der Waals surface area contributed by atoms with Crippen molar-refractivity contribution in [3.8, 4) is 28.0 Å². The maximum atomic E-state index is 13.9. The molecule has 0 bridgehead atoms. The minimum Gasteiger partial charge on any atom is -0.490 e. The van der Waals surface area contributed by atoms with E-state index in [-0.39, 0.29) is 4.90 Å². The van der Waals surface area contributed by atoms with Crippen molar-refractivity contribution in [2.75, 3.05) is 56.6 Å². The van der Waals surface area contributed by atoms with E-state index in [9.17, 15) is 8.42 Å². The van der Waals surface area contributed by atoms with Crippen LogP contribution in [0.25, 0.3) is 33.3 Å². The molecule has 3 aromatic carbocycles. The van der Waals surface area contributed by atoms with Gasteiger partial charge in [0.15, 0.2) is 5.65 Å². The van der Waals surface area contributed by atoms with Gasteiger partial charge in [-0.25, -0.2) is 17.4 Å². The number of ether oxygens (including phenoxy) is 1. The van der Waals surface area contributed by atoms with Crippen LogP contribution in [0.3, 0.4) is 0 Å². The molecule has 2 aliphatic heterocycles. The van der Waals surface area contributed by atoms with Gasteiger partial charge in [-0.3, -0.25) is 0 Å². The van der Waals surface area contributed by atoms with Crippen LogP contribution in [0.4, 0.5) is 11.4 Å². The molecule has 0 atom stereocenters. The minimum atomic E-state index is -3.89. The maximum Gasteiger partial charge on any atom is 0.269 e. The molecule has 0 spiro atoms. The largest absolute Gasteiger partial charge is 0.490 e. The smallest absolute Gasteiger partial charge is 0.269 e. The molecule has 8 nitrogen and oxygen atoms in total. The lowest BCUT2D eigenvalue weighted by Crippen LogP contribution is -2.44. The first-order valence-corrected chi connectivity index (χ1v) is 16.1. The first-order valence-electron chi connectivity index (χ1n) is 14.7. The molecule has 4 heterocycles. The fourth-order valence-electron chi connectivity index (χ4n) is 6.02. The second kappa shape index (κ2) is 10.7. The summed E-state index contributed by atoms with van der Waals surface area (Å²) in [6, 6.07) is 21.5. The molecule has 0 amide bonds. The predicted octanol–water partition coefficient (Wildman–Crippen LogP) is 5.78. The number of hydrogen-bond acceptors (Lipinski definition) is 7. The highest BCUT2D eigenvalue weighted by Crippen LogP contribution is 2.39. The van der Waals surface area contributed by atoms with E-state index >= 15 is 0 Å². The minimum absolute atomic E-state index is 0.225. The summed E-state index contributed by atoms with van der Waals surface area (Å²) in [7, 11) is -1.72. The quantitative estimate of drug-likeness (QED) is 0.277. The lowest BCUT2D eigenvalue weighted by Gasteiger charge is -2.35. The number of likely N-dealkylation sites (N-methyl/N-ethyl adjacent to an activating group) is 1. The molecule has 2 aliphatic rings. The number of hydrogen-bond donors (Lipinski definition) is 1. The highest BCUT2D eigenvalue weighted by Gasteiger charge is 2.24. The predicted molar refractivity (Wildman–Crippen MR) is 173 cm³/mol. The molecule has 0 aliphatic carbocycles. The standard InChI is InChI=1S/C34H35N5O3S/c1-23-4-8-28(9-5-23)43(40,41)39-22-30(26-7-11-33-31(20-26)35-12-17-42-33)29-19-27(21-36-34(29)39)25-6-10-32(24(2)18-25)38-15-13-37(3)14-16-38/h4-11,18-22,35H,12-17H2,1-3H3. The van der Waals surface area contributed by atoms with Gasteiger partial charge in [-0.15, -0.1) is 0 Å². The number of nitrogens with one attached hydrogen (secondary N) is 1. The van der Waals surface area contributed by atoms with Gasteiger partial charge in [0.2, 0.25) is 0 Å². The summed E-state index contributed by atoms with van der Waals surface area (Å²) in [6.07, 6.45) is 3.48. The van der Waals surface area contributed by atoms with Crippen LogP contribution in [-0.4, -0.2) is 68.7 Å². The second-order valence-corrected chi connectivity index (χ2v) is 13.3. The van der Waals surface area contributed by atoms with E-state index in [1.54, 1.807) is 24.5 Å². The summed E-state index contributed by atoms with van der Waals surface area (Å²) in [5, 5.41) is 4.16. The van der Waals surface area contributed by atoms with Crippen molar-refractivity contribution in [2.24, 2.45) is 0 Å². The van der Waals surface area contributed by atoms with Crippen molar-refractivity contribution >= 4 is 32.4 Å². The Morgan fingerprint density at radius 2 is 1.63 bits per heavy atom. The molecule has 7 rings (SSSR count). The number of benzene rings is 3. The van der Waals surface area contributed by atoms with E-state index in [0.717, 1.165) is 77.4 Å². The van der Waals surface area contributed by atoms with E-state index in [4.69, 9.17) is 9.72 Å². The van der Waals surface area contributed by atoms with Crippen LogP contribution in [0.1, 0.15) is 11.1 Å². The molecule has 1 saturated heterocycles. The van der Waals surface area contributed by atoms with Gasteiger partial charge >= 0.3 is 0 Å². The lowest BCUT2D eigenvalue weighted by atomic mass is 10.00. The summed E-state index contributed by atoms with van der Waals surface area (Å²) in [5.41, 5.74) is 8.42. The van der Waals surface area contributed by atoms with Gasteiger partial charge in [0.25, 0.3) is 10.0 Å². The number of piperazine rings is 1. The summed E-state index contributed by atoms with van der Waals surface area (Å²) >= 11 is 0. The van der Waals surface area contributed by atoms with Crippen LogP contribution in [0, 0.1) is 13.8 Å². The normalized spacial score (nSPS) is 15.7. The Hall–Kier alpha value is -4.34. The number of nitrogens with zero attached hydrogens (tertiary/aromatic N) is 4. The van der Waals surface area contributed by atoms with Crippen molar-refractivity contribution in [3.05, 3.63) is 90.3 Å². The average Bonchev–Trinajstić information content (AvgIpc) is 3.41. The topological polar surface area (TPSA) is 79.7 Å². The molecule has 1 N–H and O–H groups in total.